The summed E-state index contributed by atoms with van der Waals surface area (Å²) in [5.74, 6) is 0. The Bertz CT molecular complexity index is 564. The molecule has 2 nitrogen and oxygen atoms in total. The van der Waals surface area contributed by atoms with Crippen molar-refractivity contribution in [1.82, 2.24) is 0 Å². The van der Waals surface area contributed by atoms with Crippen molar-refractivity contribution >= 4 is 5.69 Å². The molecule has 2 heteroatoms. The second-order valence-electron chi connectivity index (χ2n) is 4.47. The Kier molecular flexibility index (Phi) is 3.64. The molecular weight excluding hydrogens is 220 g/mol. The Morgan fingerprint density at radius 3 is 2.39 bits per heavy atom. The monoisotopic (exact) mass is 236 g/mol. The molecule has 0 unspecified atom stereocenters. The van der Waals surface area contributed by atoms with E-state index >= 15 is 0 Å². The van der Waals surface area contributed by atoms with Crippen LogP contribution in [0.25, 0.3) is 0 Å². The third kappa shape index (κ3) is 2.70. The van der Waals surface area contributed by atoms with E-state index in [4.69, 9.17) is 5.26 Å². The average molecular weight is 236 g/mol. The molecule has 0 heterocycles. The fourth-order valence-corrected chi connectivity index (χ4v) is 1.95. The van der Waals surface area contributed by atoms with Crippen LogP contribution in [0.3, 0.4) is 0 Å². The molecule has 0 atom stereocenters. The summed E-state index contributed by atoms with van der Waals surface area (Å²) >= 11 is 0. The summed E-state index contributed by atoms with van der Waals surface area (Å²) in [5, 5.41) is 9.09. The second-order valence-corrected chi connectivity index (χ2v) is 4.47. The van der Waals surface area contributed by atoms with Gasteiger partial charge in [0.1, 0.15) is 6.07 Å². The lowest BCUT2D eigenvalue weighted by atomic mass is 10.1. The maximum atomic E-state index is 9.09. The fraction of sp³-hybridized carbons (Fsp3) is 0.188. The highest BCUT2D eigenvalue weighted by atomic mass is 15.1. The summed E-state index contributed by atoms with van der Waals surface area (Å²) in [5.41, 5.74) is 4.20. The highest BCUT2D eigenvalue weighted by Gasteiger charge is 2.06. The molecule has 18 heavy (non-hydrogen) atoms. The second kappa shape index (κ2) is 5.37. The van der Waals surface area contributed by atoms with Gasteiger partial charge in [-0.1, -0.05) is 42.0 Å². The highest BCUT2D eigenvalue weighted by Crippen LogP contribution is 2.20. The van der Waals surface area contributed by atoms with Gasteiger partial charge in [-0.15, -0.1) is 0 Å². The number of benzene rings is 2. The van der Waals surface area contributed by atoms with E-state index in [1.807, 2.05) is 31.3 Å². The lowest BCUT2D eigenvalue weighted by molar-refractivity contribution is 0.920. The summed E-state index contributed by atoms with van der Waals surface area (Å²) in [6, 6.07) is 18.4. The molecule has 0 aliphatic heterocycles. The topological polar surface area (TPSA) is 27.0 Å². The van der Waals surface area contributed by atoms with Crippen LogP contribution in [0.2, 0.25) is 0 Å². The van der Waals surface area contributed by atoms with Gasteiger partial charge in [0.25, 0.3) is 0 Å². The van der Waals surface area contributed by atoms with E-state index in [-0.39, 0.29) is 0 Å². The van der Waals surface area contributed by atoms with Crippen molar-refractivity contribution in [2.45, 2.75) is 13.5 Å². The zero-order valence-corrected chi connectivity index (χ0v) is 10.7. The van der Waals surface area contributed by atoms with Gasteiger partial charge < -0.3 is 4.90 Å². The van der Waals surface area contributed by atoms with Crippen LogP contribution in [0.5, 0.6) is 0 Å². The van der Waals surface area contributed by atoms with Crippen molar-refractivity contribution in [2.24, 2.45) is 0 Å². The van der Waals surface area contributed by atoms with Crippen LogP contribution in [-0.4, -0.2) is 7.05 Å². The minimum atomic E-state index is 0.715. The minimum absolute atomic E-state index is 0.715. The van der Waals surface area contributed by atoms with E-state index in [1.54, 1.807) is 0 Å². The van der Waals surface area contributed by atoms with Gasteiger partial charge in [-0.2, -0.15) is 5.26 Å². The van der Waals surface area contributed by atoms with Crippen LogP contribution in [0.1, 0.15) is 16.7 Å². The van der Waals surface area contributed by atoms with Crippen LogP contribution >= 0.6 is 0 Å². The summed E-state index contributed by atoms with van der Waals surface area (Å²) in [4.78, 5) is 2.10. The number of hydrogen-bond donors (Lipinski definition) is 0. The number of nitriles is 1. The van der Waals surface area contributed by atoms with Gasteiger partial charge in [0, 0.05) is 13.6 Å². The van der Waals surface area contributed by atoms with E-state index in [0.29, 0.717) is 5.56 Å². The largest absolute Gasteiger partial charge is 0.369 e. The van der Waals surface area contributed by atoms with E-state index in [1.165, 1.54) is 11.1 Å². The first-order valence-electron chi connectivity index (χ1n) is 5.96. The van der Waals surface area contributed by atoms with Gasteiger partial charge >= 0.3 is 0 Å². The Labute approximate surface area is 108 Å². The standard InChI is InChI=1S/C16H16N2/c1-13-7-9-14(10-8-13)12-18(2)16-6-4-3-5-15(16)11-17/h3-10H,12H2,1-2H3. The zero-order chi connectivity index (χ0) is 13.0. The molecule has 0 N–H and O–H groups in total. The Balaban J connectivity index is 2.19. The van der Waals surface area contributed by atoms with Gasteiger partial charge in [0.05, 0.1) is 11.3 Å². The predicted octanol–water partition coefficient (Wildman–Crippen LogP) is 3.50. The van der Waals surface area contributed by atoms with Gasteiger partial charge in [0.15, 0.2) is 0 Å². The molecule has 0 fully saturated rings. The molecule has 0 aliphatic rings. The molecule has 90 valence electrons. The maximum Gasteiger partial charge on any atom is 0.101 e. The van der Waals surface area contributed by atoms with Crippen molar-refractivity contribution in [3.05, 3.63) is 65.2 Å². The Morgan fingerprint density at radius 1 is 1.06 bits per heavy atom. The third-order valence-electron chi connectivity index (χ3n) is 2.98. The number of aryl methyl sites for hydroxylation is 1. The molecule has 2 aromatic carbocycles. The Morgan fingerprint density at radius 2 is 1.72 bits per heavy atom. The van der Waals surface area contributed by atoms with Crippen LogP contribution in [0, 0.1) is 18.3 Å². The van der Waals surface area contributed by atoms with Crippen LogP contribution in [0.15, 0.2) is 48.5 Å². The maximum absolute atomic E-state index is 9.09. The first-order valence-corrected chi connectivity index (χ1v) is 5.96. The Hall–Kier alpha value is -2.27. The number of para-hydroxylation sites is 1. The minimum Gasteiger partial charge on any atom is -0.369 e. The SMILES string of the molecule is Cc1ccc(CN(C)c2ccccc2C#N)cc1. The lowest BCUT2D eigenvalue weighted by Crippen LogP contribution is -2.17. The van der Waals surface area contributed by atoms with Crippen molar-refractivity contribution in [1.29, 1.82) is 5.26 Å². The normalized spacial score (nSPS) is 9.83. The first-order chi connectivity index (χ1) is 8.70. The molecule has 0 radical (unpaired) electrons. The van der Waals surface area contributed by atoms with Crippen LogP contribution in [0.4, 0.5) is 5.69 Å². The summed E-state index contributed by atoms with van der Waals surface area (Å²) in [6.07, 6.45) is 0. The van der Waals surface area contributed by atoms with E-state index < -0.39 is 0 Å². The molecular formula is C16H16N2. The van der Waals surface area contributed by atoms with Gasteiger partial charge in [0.2, 0.25) is 0 Å². The molecule has 2 aromatic rings. The number of rotatable bonds is 3. The van der Waals surface area contributed by atoms with Crippen LogP contribution in [-0.2, 0) is 6.54 Å². The zero-order valence-electron chi connectivity index (χ0n) is 10.7. The van der Waals surface area contributed by atoms with E-state index in [9.17, 15) is 0 Å². The highest BCUT2D eigenvalue weighted by molar-refractivity contribution is 5.58. The summed E-state index contributed by atoms with van der Waals surface area (Å²) in [6.45, 7) is 2.89. The molecule has 0 aromatic heterocycles. The molecule has 0 spiro atoms. The third-order valence-corrected chi connectivity index (χ3v) is 2.98. The van der Waals surface area contributed by atoms with Crippen LogP contribution < -0.4 is 4.90 Å². The molecule has 0 bridgehead atoms. The van der Waals surface area contributed by atoms with Crippen molar-refractivity contribution in [3.63, 3.8) is 0 Å². The lowest BCUT2D eigenvalue weighted by Gasteiger charge is -2.20. The van der Waals surface area contributed by atoms with Crippen molar-refractivity contribution in [2.75, 3.05) is 11.9 Å². The average Bonchev–Trinajstić information content (AvgIpc) is 2.41. The summed E-state index contributed by atoms with van der Waals surface area (Å²) in [7, 11) is 2.01. The molecule has 0 amide bonds. The predicted molar refractivity (Wildman–Crippen MR) is 74.4 cm³/mol. The molecule has 0 saturated carbocycles. The number of hydrogen-bond acceptors (Lipinski definition) is 2. The number of nitrogens with zero attached hydrogens (tertiary/aromatic N) is 2. The number of anilines is 1. The molecule has 2 rings (SSSR count). The summed E-state index contributed by atoms with van der Waals surface area (Å²) < 4.78 is 0. The van der Waals surface area contributed by atoms with E-state index in [0.717, 1.165) is 12.2 Å². The molecule has 0 aliphatic carbocycles. The first kappa shape index (κ1) is 12.2. The quantitative estimate of drug-likeness (QED) is 0.815. The van der Waals surface area contributed by atoms with Crippen molar-refractivity contribution < 1.29 is 0 Å². The van der Waals surface area contributed by atoms with Crippen molar-refractivity contribution in [3.8, 4) is 6.07 Å². The van der Waals surface area contributed by atoms with Gasteiger partial charge in [-0.3, -0.25) is 0 Å². The molecule has 0 saturated heterocycles. The van der Waals surface area contributed by atoms with Gasteiger partial charge in [-0.05, 0) is 24.6 Å². The van der Waals surface area contributed by atoms with E-state index in [2.05, 4.69) is 42.2 Å². The smallest absolute Gasteiger partial charge is 0.101 e. The van der Waals surface area contributed by atoms with Gasteiger partial charge in [-0.25, -0.2) is 0 Å². The fourth-order valence-electron chi connectivity index (χ4n) is 1.95.